The van der Waals surface area contributed by atoms with Crippen LogP contribution >= 0.6 is 24.0 Å². The quantitative estimate of drug-likeness (QED) is 0.310. The van der Waals surface area contributed by atoms with Crippen LogP contribution in [0.5, 0.6) is 5.75 Å². The van der Waals surface area contributed by atoms with Gasteiger partial charge in [-0.2, -0.15) is 0 Å². The Morgan fingerprint density at radius 1 is 1.17 bits per heavy atom. The lowest BCUT2D eigenvalue weighted by molar-refractivity contribution is 0.128. The van der Waals surface area contributed by atoms with E-state index >= 15 is 0 Å². The van der Waals surface area contributed by atoms with Crippen molar-refractivity contribution in [3.05, 3.63) is 30.3 Å². The smallest absolute Gasteiger partial charge is 0.193 e. The summed E-state index contributed by atoms with van der Waals surface area (Å²) in [7, 11) is 1.80. The second kappa shape index (κ2) is 12.6. The van der Waals surface area contributed by atoms with Crippen LogP contribution in [0.25, 0.3) is 0 Å². The third-order valence-electron chi connectivity index (χ3n) is 6.19. The third-order valence-corrected chi connectivity index (χ3v) is 6.19. The highest BCUT2D eigenvalue weighted by molar-refractivity contribution is 14.0. The van der Waals surface area contributed by atoms with Gasteiger partial charge in [0.15, 0.2) is 5.96 Å². The van der Waals surface area contributed by atoms with Gasteiger partial charge in [0.1, 0.15) is 11.9 Å². The number of para-hydroxylation sites is 1. The summed E-state index contributed by atoms with van der Waals surface area (Å²) in [4.78, 5) is 7.50. The first-order valence-corrected chi connectivity index (χ1v) is 11.0. The third kappa shape index (κ3) is 7.31. The van der Waals surface area contributed by atoms with E-state index in [0.29, 0.717) is 11.5 Å². The van der Waals surface area contributed by atoms with Crippen LogP contribution in [-0.2, 0) is 4.74 Å². The normalized spacial score (nSPS) is 19.7. The minimum Gasteiger partial charge on any atom is -0.490 e. The van der Waals surface area contributed by atoms with Gasteiger partial charge in [-0.25, -0.2) is 0 Å². The van der Waals surface area contributed by atoms with E-state index in [4.69, 9.17) is 14.5 Å². The van der Waals surface area contributed by atoms with Gasteiger partial charge in [-0.15, -0.1) is 24.0 Å². The largest absolute Gasteiger partial charge is 0.490 e. The number of guanidine groups is 1. The van der Waals surface area contributed by atoms with Gasteiger partial charge in [-0.3, -0.25) is 4.99 Å². The first kappa shape index (κ1) is 24.3. The van der Waals surface area contributed by atoms with E-state index in [0.717, 1.165) is 63.8 Å². The Kier molecular flexibility index (Phi) is 10.6. The lowest BCUT2D eigenvalue weighted by Crippen LogP contribution is -2.48. The van der Waals surface area contributed by atoms with Crippen LogP contribution in [0, 0.1) is 5.41 Å². The predicted octanol–water partition coefficient (Wildman–Crippen LogP) is 4.71. The van der Waals surface area contributed by atoms with Gasteiger partial charge < -0.3 is 19.7 Å². The molecule has 0 spiro atoms. The van der Waals surface area contributed by atoms with Crippen LogP contribution in [0.1, 0.15) is 51.9 Å². The average molecular weight is 515 g/mol. The zero-order chi connectivity index (χ0) is 19.7. The van der Waals surface area contributed by atoms with Crippen molar-refractivity contribution in [1.82, 2.24) is 10.2 Å². The summed E-state index contributed by atoms with van der Waals surface area (Å²) in [6, 6.07) is 10.2. The summed E-state index contributed by atoms with van der Waals surface area (Å²) in [5, 5.41) is 3.52. The number of halogens is 1. The molecule has 3 rings (SSSR count). The SMILES string of the molecule is CCNC(=NCC1(CCOC)CCCC1)N1CCC(Oc2ccccc2)CC1.I. The molecule has 5 nitrogen and oxygen atoms in total. The standard InChI is InChI=1S/C23H37N3O2.HI/c1-3-24-22(25-19-23(15-18-27-2)13-7-8-14-23)26-16-11-21(12-17-26)28-20-9-5-4-6-10-20;/h4-6,9-10,21H,3,7-8,11-19H2,1-2H3,(H,24,25);1H. The van der Waals surface area contributed by atoms with Gasteiger partial charge in [0.2, 0.25) is 0 Å². The number of nitrogens with one attached hydrogen (secondary N) is 1. The molecule has 1 saturated heterocycles. The molecule has 0 atom stereocenters. The number of nitrogens with zero attached hydrogens (tertiary/aromatic N) is 2. The molecule has 0 aromatic heterocycles. The van der Waals surface area contributed by atoms with Crippen LogP contribution < -0.4 is 10.1 Å². The molecule has 29 heavy (non-hydrogen) atoms. The number of hydrogen-bond donors (Lipinski definition) is 1. The summed E-state index contributed by atoms with van der Waals surface area (Å²) in [6.07, 6.45) is 8.72. The van der Waals surface area contributed by atoms with Crippen molar-refractivity contribution in [3.63, 3.8) is 0 Å². The molecule has 2 aliphatic rings. The van der Waals surface area contributed by atoms with Crippen molar-refractivity contribution in [2.45, 2.75) is 58.0 Å². The minimum atomic E-state index is 0. The molecule has 1 aromatic rings. The predicted molar refractivity (Wildman–Crippen MR) is 130 cm³/mol. The highest BCUT2D eigenvalue weighted by Crippen LogP contribution is 2.41. The molecular weight excluding hydrogens is 477 g/mol. The summed E-state index contributed by atoms with van der Waals surface area (Å²) >= 11 is 0. The minimum absolute atomic E-state index is 0. The number of piperidine rings is 1. The number of rotatable bonds is 8. The highest BCUT2D eigenvalue weighted by Gasteiger charge is 2.33. The Balaban J connectivity index is 0.00000300. The molecule has 0 bridgehead atoms. The van der Waals surface area contributed by atoms with Gasteiger partial charge >= 0.3 is 0 Å². The van der Waals surface area contributed by atoms with E-state index in [1.165, 1.54) is 25.7 Å². The van der Waals surface area contributed by atoms with E-state index in [1.54, 1.807) is 7.11 Å². The first-order valence-electron chi connectivity index (χ1n) is 11.0. The van der Waals surface area contributed by atoms with E-state index in [9.17, 15) is 0 Å². The van der Waals surface area contributed by atoms with Crippen molar-refractivity contribution in [2.75, 3.05) is 39.9 Å². The fourth-order valence-corrected chi connectivity index (χ4v) is 4.48. The molecule has 1 heterocycles. The van der Waals surface area contributed by atoms with Crippen molar-refractivity contribution >= 4 is 29.9 Å². The Morgan fingerprint density at radius 2 is 1.86 bits per heavy atom. The van der Waals surface area contributed by atoms with Crippen LogP contribution in [0.2, 0.25) is 0 Å². The molecular formula is C23H38IN3O2. The van der Waals surface area contributed by atoms with Crippen LogP contribution in [-0.4, -0.2) is 56.9 Å². The maximum Gasteiger partial charge on any atom is 0.193 e. The number of likely N-dealkylation sites (tertiary alicyclic amines) is 1. The Morgan fingerprint density at radius 3 is 2.48 bits per heavy atom. The highest BCUT2D eigenvalue weighted by atomic mass is 127. The molecule has 1 saturated carbocycles. The second-order valence-corrected chi connectivity index (χ2v) is 8.24. The van der Waals surface area contributed by atoms with E-state index in [-0.39, 0.29) is 24.0 Å². The number of aliphatic imine (C=N–C) groups is 1. The van der Waals surface area contributed by atoms with Gasteiger partial charge in [-0.05, 0) is 43.7 Å². The topological polar surface area (TPSA) is 46.1 Å². The van der Waals surface area contributed by atoms with Gasteiger partial charge in [0.25, 0.3) is 0 Å². The summed E-state index contributed by atoms with van der Waals surface area (Å²) < 4.78 is 11.5. The van der Waals surface area contributed by atoms with E-state index < -0.39 is 0 Å². The molecule has 0 unspecified atom stereocenters. The fourth-order valence-electron chi connectivity index (χ4n) is 4.48. The van der Waals surface area contributed by atoms with Gasteiger partial charge in [-0.1, -0.05) is 31.0 Å². The Labute approximate surface area is 193 Å². The molecule has 1 N–H and O–H groups in total. The number of benzene rings is 1. The average Bonchev–Trinajstić information content (AvgIpc) is 3.20. The van der Waals surface area contributed by atoms with Crippen LogP contribution in [0.15, 0.2) is 35.3 Å². The Hall–Kier alpha value is -1.02. The molecule has 6 heteroatoms. The number of ether oxygens (including phenoxy) is 2. The zero-order valence-electron chi connectivity index (χ0n) is 18.1. The molecule has 0 radical (unpaired) electrons. The second-order valence-electron chi connectivity index (χ2n) is 8.24. The monoisotopic (exact) mass is 515 g/mol. The number of hydrogen-bond acceptors (Lipinski definition) is 3. The molecule has 1 aliphatic carbocycles. The lowest BCUT2D eigenvalue weighted by Gasteiger charge is -2.35. The number of methoxy groups -OCH3 is 1. The maximum absolute atomic E-state index is 6.14. The molecule has 0 amide bonds. The zero-order valence-corrected chi connectivity index (χ0v) is 20.4. The summed E-state index contributed by atoms with van der Waals surface area (Å²) in [5.41, 5.74) is 0.339. The first-order chi connectivity index (χ1) is 13.7. The molecule has 1 aromatic carbocycles. The van der Waals surface area contributed by atoms with Crippen molar-refractivity contribution < 1.29 is 9.47 Å². The van der Waals surface area contributed by atoms with Gasteiger partial charge in [0, 0.05) is 52.7 Å². The van der Waals surface area contributed by atoms with Crippen molar-refractivity contribution in [1.29, 1.82) is 0 Å². The van der Waals surface area contributed by atoms with Crippen LogP contribution in [0.4, 0.5) is 0 Å². The maximum atomic E-state index is 6.14. The summed E-state index contributed by atoms with van der Waals surface area (Å²) in [6.45, 7) is 6.80. The van der Waals surface area contributed by atoms with Crippen molar-refractivity contribution in [2.24, 2.45) is 10.4 Å². The van der Waals surface area contributed by atoms with E-state index in [2.05, 4.69) is 17.1 Å². The van der Waals surface area contributed by atoms with Crippen LogP contribution in [0.3, 0.4) is 0 Å². The van der Waals surface area contributed by atoms with Gasteiger partial charge in [0.05, 0.1) is 0 Å². The fraction of sp³-hybridized carbons (Fsp3) is 0.696. The molecule has 164 valence electrons. The lowest BCUT2D eigenvalue weighted by atomic mass is 9.83. The van der Waals surface area contributed by atoms with E-state index in [1.807, 2.05) is 30.3 Å². The molecule has 1 aliphatic heterocycles. The molecule has 2 fully saturated rings. The Bertz CT molecular complexity index is 597. The summed E-state index contributed by atoms with van der Waals surface area (Å²) in [5.74, 6) is 2.05. The van der Waals surface area contributed by atoms with Crippen molar-refractivity contribution in [3.8, 4) is 5.75 Å².